The van der Waals surface area contributed by atoms with Crippen LogP contribution < -0.4 is 5.32 Å². The number of nitrogens with one attached hydrogen (secondary N) is 1. The maximum Gasteiger partial charge on any atom is 0.0638 e. The molecule has 1 N–H and O–H groups in total. The molecule has 18 heavy (non-hydrogen) atoms. The van der Waals surface area contributed by atoms with Crippen LogP contribution in [0.25, 0.3) is 0 Å². The highest BCUT2D eigenvalue weighted by molar-refractivity contribution is 5.26. The molecule has 1 aliphatic carbocycles. The summed E-state index contributed by atoms with van der Waals surface area (Å²) in [6.45, 7) is 4.27. The van der Waals surface area contributed by atoms with E-state index in [2.05, 4.69) is 49.5 Å². The van der Waals surface area contributed by atoms with Crippen LogP contribution in [0.3, 0.4) is 0 Å². The summed E-state index contributed by atoms with van der Waals surface area (Å²) in [5, 5.41) is 12.3. The molecule has 0 bridgehead atoms. The molecule has 1 aliphatic rings. The monoisotopic (exact) mass is 242 g/mol. The number of nitrogens with zero attached hydrogens (tertiary/aromatic N) is 1. The molecule has 0 saturated heterocycles. The van der Waals surface area contributed by atoms with Crippen molar-refractivity contribution >= 4 is 0 Å². The molecule has 1 fully saturated rings. The van der Waals surface area contributed by atoms with Crippen LogP contribution in [0.2, 0.25) is 0 Å². The SMILES string of the molecule is CCC(CC#N)NC1CC(c2ccc(C)cc2)C1. The van der Waals surface area contributed by atoms with Crippen molar-refractivity contribution in [2.75, 3.05) is 0 Å². The summed E-state index contributed by atoms with van der Waals surface area (Å²) in [7, 11) is 0. The number of hydrogen-bond donors (Lipinski definition) is 1. The Labute approximate surface area is 110 Å². The lowest BCUT2D eigenvalue weighted by molar-refractivity contribution is 0.262. The fourth-order valence-corrected chi connectivity index (χ4v) is 2.63. The Morgan fingerprint density at radius 3 is 2.56 bits per heavy atom. The molecule has 1 aromatic carbocycles. The van der Waals surface area contributed by atoms with Crippen LogP contribution in [0, 0.1) is 18.3 Å². The molecule has 1 atom stereocenters. The fourth-order valence-electron chi connectivity index (χ4n) is 2.63. The molecule has 0 spiro atoms. The van der Waals surface area contributed by atoms with Crippen LogP contribution >= 0.6 is 0 Å². The summed E-state index contributed by atoms with van der Waals surface area (Å²) in [5.74, 6) is 0.711. The highest BCUT2D eigenvalue weighted by Gasteiger charge is 2.31. The van der Waals surface area contributed by atoms with E-state index < -0.39 is 0 Å². The van der Waals surface area contributed by atoms with Gasteiger partial charge in [-0.2, -0.15) is 5.26 Å². The minimum atomic E-state index is 0.374. The van der Waals surface area contributed by atoms with Crippen molar-refractivity contribution in [1.29, 1.82) is 5.26 Å². The van der Waals surface area contributed by atoms with Crippen LogP contribution in [0.1, 0.15) is 49.7 Å². The lowest BCUT2D eigenvalue weighted by Crippen LogP contribution is -2.45. The molecule has 1 unspecified atom stereocenters. The summed E-state index contributed by atoms with van der Waals surface area (Å²) in [6, 6.07) is 12.1. The van der Waals surface area contributed by atoms with Crippen molar-refractivity contribution in [2.24, 2.45) is 0 Å². The smallest absolute Gasteiger partial charge is 0.0638 e. The number of nitriles is 1. The van der Waals surface area contributed by atoms with E-state index in [0.29, 0.717) is 24.4 Å². The van der Waals surface area contributed by atoms with Crippen LogP contribution in [-0.2, 0) is 0 Å². The van der Waals surface area contributed by atoms with E-state index in [1.807, 2.05) is 0 Å². The summed E-state index contributed by atoms with van der Waals surface area (Å²) in [6.07, 6.45) is 4.09. The van der Waals surface area contributed by atoms with Gasteiger partial charge in [-0.3, -0.25) is 0 Å². The van der Waals surface area contributed by atoms with Gasteiger partial charge in [-0.05, 0) is 37.7 Å². The third kappa shape index (κ3) is 3.11. The zero-order valence-corrected chi connectivity index (χ0v) is 11.3. The first kappa shape index (κ1) is 13.1. The average molecular weight is 242 g/mol. The summed E-state index contributed by atoms with van der Waals surface area (Å²) in [4.78, 5) is 0. The standard InChI is InChI=1S/C16H22N2/c1-3-15(8-9-17)18-16-10-14(11-16)13-6-4-12(2)5-7-13/h4-7,14-16,18H,3,8,10-11H2,1-2H3. The van der Waals surface area contributed by atoms with Gasteiger partial charge >= 0.3 is 0 Å². The van der Waals surface area contributed by atoms with Gasteiger partial charge in [0.05, 0.1) is 12.5 Å². The molecule has 0 amide bonds. The molecule has 96 valence electrons. The largest absolute Gasteiger partial charge is 0.310 e. The Bertz CT molecular complexity index is 410. The van der Waals surface area contributed by atoms with Gasteiger partial charge in [0.2, 0.25) is 0 Å². The Morgan fingerprint density at radius 2 is 2.00 bits per heavy atom. The predicted molar refractivity (Wildman–Crippen MR) is 74.4 cm³/mol. The number of hydrogen-bond acceptors (Lipinski definition) is 2. The first-order valence-electron chi connectivity index (χ1n) is 6.92. The minimum Gasteiger partial charge on any atom is -0.310 e. The summed E-state index contributed by atoms with van der Waals surface area (Å²) >= 11 is 0. The van der Waals surface area contributed by atoms with Crippen molar-refractivity contribution in [3.8, 4) is 6.07 Å². The second kappa shape index (κ2) is 6.02. The van der Waals surface area contributed by atoms with Gasteiger partial charge in [0.25, 0.3) is 0 Å². The van der Waals surface area contributed by atoms with Gasteiger partial charge in [-0.15, -0.1) is 0 Å². The second-order valence-electron chi connectivity index (χ2n) is 5.41. The van der Waals surface area contributed by atoms with E-state index in [-0.39, 0.29) is 0 Å². The van der Waals surface area contributed by atoms with Gasteiger partial charge in [-0.25, -0.2) is 0 Å². The van der Waals surface area contributed by atoms with Crippen LogP contribution in [0.5, 0.6) is 0 Å². The highest BCUT2D eigenvalue weighted by atomic mass is 15.0. The Kier molecular flexibility index (Phi) is 4.38. The maximum absolute atomic E-state index is 8.74. The van der Waals surface area contributed by atoms with Crippen molar-refractivity contribution < 1.29 is 0 Å². The van der Waals surface area contributed by atoms with Crippen molar-refractivity contribution in [3.63, 3.8) is 0 Å². The predicted octanol–water partition coefficient (Wildman–Crippen LogP) is 3.52. The topological polar surface area (TPSA) is 35.8 Å². The van der Waals surface area contributed by atoms with Gasteiger partial charge < -0.3 is 5.32 Å². The molecule has 2 rings (SSSR count). The zero-order chi connectivity index (χ0) is 13.0. The molecule has 0 aromatic heterocycles. The van der Waals surface area contributed by atoms with E-state index in [4.69, 9.17) is 5.26 Å². The minimum absolute atomic E-state index is 0.374. The van der Waals surface area contributed by atoms with Crippen LogP contribution in [0.15, 0.2) is 24.3 Å². The van der Waals surface area contributed by atoms with Gasteiger partial charge in [0.1, 0.15) is 0 Å². The molecule has 0 radical (unpaired) electrons. The summed E-state index contributed by atoms with van der Waals surface area (Å²) in [5.41, 5.74) is 2.79. The number of rotatable bonds is 5. The molecule has 2 heteroatoms. The normalized spacial score (nSPS) is 24.1. The number of aryl methyl sites for hydroxylation is 1. The van der Waals surface area contributed by atoms with Gasteiger partial charge in [0, 0.05) is 12.1 Å². The molecule has 0 aliphatic heterocycles. The lowest BCUT2D eigenvalue weighted by Gasteiger charge is -2.38. The molecule has 0 heterocycles. The van der Waals surface area contributed by atoms with E-state index in [1.165, 1.54) is 24.0 Å². The Hall–Kier alpha value is -1.33. The second-order valence-corrected chi connectivity index (χ2v) is 5.41. The van der Waals surface area contributed by atoms with E-state index in [1.54, 1.807) is 0 Å². The molecular formula is C16H22N2. The van der Waals surface area contributed by atoms with Gasteiger partial charge in [0.15, 0.2) is 0 Å². The van der Waals surface area contributed by atoms with Crippen molar-refractivity contribution in [1.82, 2.24) is 5.32 Å². The third-order valence-corrected chi connectivity index (χ3v) is 3.99. The third-order valence-electron chi connectivity index (χ3n) is 3.99. The quantitative estimate of drug-likeness (QED) is 0.857. The van der Waals surface area contributed by atoms with Crippen LogP contribution in [0.4, 0.5) is 0 Å². The molecule has 2 nitrogen and oxygen atoms in total. The Balaban J connectivity index is 1.80. The molecular weight excluding hydrogens is 220 g/mol. The summed E-state index contributed by atoms with van der Waals surface area (Å²) < 4.78 is 0. The van der Waals surface area contributed by atoms with Gasteiger partial charge in [-0.1, -0.05) is 36.8 Å². The first-order valence-corrected chi connectivity index (χ1v) is 6.92. The lowest BCUT2D eigenvalue weighted by atomic mass is 9.75. The Morgan fingerprint density at radius 1 is 1.33 bits per heavy atom. The molecule has 1 aromatic rings. The van der Waals surface area contributed by atoms with Crippen molar-refractivity contribution in [2.45, 2.75) is 57.5 Å². The first-order chi connectivity index (χ1) is 8.72. The van der Waals surface area contributed by atoms with Crippen molar-refractivity contribution in [3.05, 3.63) is 35.4 Å². The zero-order valence-electron chi connectivity index (χ0n) is 11.3. The van der Waals surface area contributed by atoms with E-state index in [0.717, 1.165) is 6.42 Å². The fraction of sp³-hybridized carbons (Fsp3) is 0.562. The van der Waals surface area contributed by atoms with E-state index >= 15 is 0 Å². The van der Waals surface area contributed by atoms with Crippen LogP contribution in [-0.4, -0.2) is 12.1 Å². The highest BCUT2D eigenvalue weighted by Crippen LogP contribution is 2.37. The van der Waals surface area contributed by atoms with E-state index in [9.17, 15) is 0 Å². The average Bonchev–Trinajstić information content (AvgIpc) is 2.33. The maximum atomic E-state index is 8.74. The molecule has 1 saturated carbocycles. The number of benzene rings is 1.